The van der Waals surface area contributed by atoms with Gasteiger partial charge in [0, 0.05) is 18.7 Å². The molecule has 0 spiro atoms. The minimum atomic E-state index is -0.901. The number of ether oxygens (including phenoxy) is 1. The van der Waals surface area contributed by atoms with Crippen molar-refractivity contribution in [2.75, 3.05) is 13.1 Å². The van der Waals surface area contributed by atoms with Crippen LogP contribution in [0.5, 0.6) is 0 Å². The summed E-state index contributed by atoms with van der Waals surface area (Å²) >= 11 is 0. The van der Waals surface area contributed by atoms with Gasteiger partial charge in [-0.05, 0) is 18.9 Å². The fraction of sp³-hybridized carbons (Fsp3) is 0.400. The first-order chi connectivity index (χ1) is 11.1. The van der Waals surface area contributed by atoms with Gasteiger partial charge in [0.15, 0.2) is 11.6 Å². The van der Waals surface area contributed by atoms with Crippen molar-refractivity contribution in [3.05, 3.63) is 47.3 Å². The molecule has 0 saturated carbocycles. The van der Waals surface area contributed by atoms with E-state index in [2.05, 4.69) is 10.3 Å². The number of amides is 1. The van der Waals surface area contributed by atoms with Crippen LogP contribution in [-0.2, 0) is 17.9 Å². The average molecular weight is 322 g/mol. The number of aromatic nitrogens is 3. The zero-order chi connectivity index (χ0) is 16.2. The Hall–Kier alpha value is -2.51. The lowest BCUT2D eigenvalue weighted by Crippen LogP contribution is -2.28. The summed E-state index contributed by atoms with van der Waals surface area (Å²) in [6.07, 6.45) is 3.16. The van der Waals surface area contributed by atoms with E-state index < -0.39 is 11.6 Å². The zero-order valence-corrected chi connectivity index (χ0v) is 12.4. The highest BCUT2D eigenvalue weighted by Gasteiger charge is 2.19. The molecule has 0 radical (unpaired) electrons. The summed E-state index contributed by atoms with van der Waals surface area (Å²) in [4.78, 5) is 13.4. The molecule has 1 aromatic carbocycles. The van der Waals surface area contributed by atoms with Crippen LogP contribution in [0.15, 0.2) is 24.4 Å². The smallest absolute Gasteiger partial charge is 0.410 e. The summed E-state index contributed by atoms with van der Waals surface area (Å²) in [6.45, 7) is 1.48. The van der Waals surface area contributed by atoms with Crippen LogP contribution in [0.1, 0.15) is 24.1 Å². The van der Waals surface area contributed by atoms with Crippen LogP contribution in [0, 0.1) is 11.6 Å². The molecular formula is C15H16F2N4O2. The van der Waals surface area contributed by atoms with Gasteiger partial charge >= 0.3 is 6.09 Å². The third-order valence-corrected chi connectivity index (χ3v) is 3.66. The van der Waals surface area contributed by atoms with Crippen molar-refractivity contribution in [2.24, 2.45) is 0 Å². The van der Waals surface area contributed by atoms with E-state index in [4.69, 9.17) is 4.74 Å². The van der Waals surface area contributed by atoms with Crippen molar-refractivity contribution in [1.29, 1.82) is 0 Å². The maximum absolute atomic E-state index is 13.6. The first-order valence-electron chi connectivity index (χ1n) is 7.37. The summed E-state index contributed by atoms with van der Waals surface area (Å²) < 4.78 is 33.3. The molecule has 0 atom stereocenters. The van der Waals surface area contributed by atoms with Crippen LogP contribution >= 0.6 is 0 Å². The molecule has 6 nitrogen and oxygen atoms in total. The summed E-state index contributed by atoms with van der Waals surface area (Å²) in [7, 11) is 0. The van der Waals surface area contributed by atoms with Gasteiger partial charge in [-0.2, -0.15) is 0 Å². The Bertz CT molecular complexity index is 699. The molecule has 23 heavy (non-hydrogen) atoms. The number of carbonyl (C=O) groups excluding carboxylic acids is 1. The van der Waals surface area contributed by atoms with E-state index in [0.717, 1.165) is 18.9 Å². The van der Waals surface area contributed by atoms with Crippen LogP contribution in [0.3, 0.4) is 0 Å². The molecule has 2 heterocycles. The summed E-state index contributed by atoms with van der Waals surface area (Å²) in [5, 5.41) is 7.69. The quantitative estimate of drug-likeness (QED) is 0.867. The summed E-state index contributed by atoms with van der Waals surface area (Å²) in [5.74, 6) is -1.80. The molecule has 0 unspecified atom stereocenters. The molecule has 1 aliphatic heterocycles. The Morgan fingerprint density at radius 1 is 1.26 bits per heavy atom. The van der Waals surface area contributed by atoms with Gasteiger partial charge in [0.2, 0.25) is 0 Å². The second-order valence-corrected chi connectivity index (χ2v) is 5.37. The third kappa shape index (κ3) is 3.64. The van der Waals surface area contributed by atoms with E-state index >= 15 is 0 Å². The molecule has 122 valence electrons. The Kier molecular flexibility index (Phi) is 4.50. The normalized spacial score (nSPS) is 14.3. The van der Waals surface area contributed by atoms with Crippen molar-refractivity contribution >= 4 is 6.09 Å². The van der Waals surface area contributed by atoms with Crippen LogP contribution in [0.25, 0.3) is 0 Å². The first kappa shape index (κ1) is 15.4. The van der Waals surface area contributed by atoms with E-state index in [1.54, 1.807) is 11.1 Å². The average Bonchev–Trinajstić information content (AvgIpc) is 3.21. The highest BCUT2D eigenvalue weighted by atomic mass is 19.2. The lowest BCUT2D eigenvalue weighted by atomic mass is 10.2. The van der Waals surface area contributed by atoms with Gasteiger partial charge < -0.3 is 9.64 Å². The number of hydrogen-bond donors (Lipinski definition) is 0. The summed E-state index contributed by atoms with van der Waals surface area (Å²) in [5.41, 5.74) is 0.630. The molecule has 0 aliphatic carbocycles. The minimum Gasteiger partial charge on any atom is -0.443 e. The van der Waals surface area contributed by atoms with E-state index in [1.165, 1.54) is 16.8 Å². The fourth-order valence-corrected chi connectivity index (χ4v) is 2.45. The predicted molar refractivity (Wildman–Crippen MR) is 76.5 cm³/mol. The van der Waals surface area contributed by atoms with Crippen molar-refractivity contribution < 1.29 is 18.3 Å². The van der Waals surface area contributed by atoms with E-state index in [-0.39, 0.29) is 24.8 Å². The van der Waals surface area contributed by atoms with Crippen molar-refractivity contribution in [3.8, 4) is 0 Å². The van der Waals surface area contributed by atoms with Gasteiger partial charge in [-0.1, -0.05) is 17.3 Å². The monoisotopic (exact) mass is 322 g/mol. The molecule has 8 heteroatoms. The van der Waals surface area contributed by atoms with Crippen LogP contribution < -0.4 is 0 Å². The van der Waals surface area contributed by atoms with Crippen LogP contribution in [-0.4, -0.2) is 39.1 Å². The molecule has 2 aromatic rings. The molecule has 1 aromatic heterocycles. The maximum Gasteiger partial charge on any atom is 0.410 e. The maximum atomic E-state index is 13.6. The molecule has 1 amide bonds. The van der Waals surface area contributed by atoms with E-state index in [1.807, 2.05) is 0 Å². The number of likely N-dealkylation sites (tertiary alicyclic amines) is 1. The van der Waals surface area contributed by atoms with Crippen molar-refractivity contribution in [2.45, 2.75) is 26.0 Å². The van der Waals surface area contributed by atoms with Gasteiger partial charge in [0.05, 0.1) is 12.7 Å². The molecular weight excluding hydrogens is 306 g/mol. The molecule has 1 fully saturated rings. The fourth-order valence-electron chi connectivity index (χ4n) is 2.45. The highest BCUT2D eigenvalue weighted by Crippen LogP contribution is 2.13. The number of nitrogens with zero attached hydrogens (tertiary/aromatic N) is 4. The molecule has 1 aliphatic rings. The Morgan fingerprint density at radius 3 is 2.83 bits per heavy atom. The molecule has 1 saturated heterocycles. The second-order valence-electron chi connectivity index (χ2n) is 5.37. The van der Waals surface area contributed by atoms with Gasteiger partial charge in [0.1, 0.15) is 12.3 Å². The predicted octanol–water partition coefficient (Wildman–Crippen LogP) is 2.34. The number of halogens is 2. The van der Waals surface area contributed by atoms with E-state index in [9.17, 15) is 13.6 Å². The van der Waals surface area contributed by atoms with Crippen molar-refractivity contribution in [1.82, 2.24) is 19.9 Å². The van der Waals surface area contributed by atoms with Crippen molar-refractivity contribution in [3.63, 3.8) is 0 Å². The third-order valence-electron chi connectivity index (χ3n) is 3.66. The lowest BCUT2D eigenvalue weighted by Gasteiger charge is -2.13. The van der Waals surface area contributed by atoms with E-state index in [0.29, 0.717) is 18.8 Å². The summed E-state index contributed by atoms with van der Waals surface area (Å²) in [6, 6.07) is 3.97. The number of benzene rings is 1. The molecule has 0 N–H and O–H groups in total. The number of hydrogen-bond acceptors (Lipinski definition) is 4. The Balaban J connectivity index is 1.57. The zero-order valence-electron chi connectivity index (χ0n) is 12.4. The SMILES string of the molecule is O=C(OCc1cn(Cc2cccc(F)c2F)nn1)N1CCCC1. The van der Waals surface area contributed by atoms with Gasteiger partial charge in [0.25, 0.3) is 0 Å². The Morgan fingerprint density at radius 2 is 2.04 bits per heavy atom. The molecule has 0 bridgehead atoms. The van der Waals surface area contributed by atoms with Crippen LogP contribution in [0.2, 0.25) is 0 Å². The Labute approximate surface area is 131 Å². The number of carbonyl (C=O) groups is 1. The van der Waals surface area contributed by atoms with Crippen LogP contribution in [0.4, 0.5) is 13.6 Å². The highest BCUT2D eigenvalue weighted by molar-refractivity contribution is 5.67. The lowest BCUT2D eigenvalue weighted by molar-refractivity contribution is 0.103. The first-order valence-corrected chi connectivity index (χ1v) is 7.37. The minimum absolute atomic E-state index is 0.000959. The topological polar surface area (TPSA) is 60.3 Å². The van der Waals surface area contributed by atoms with Gasteiger partial charge in [-0.25, -0.2) is 18.3 Å². The van der Waals surface area contributed by atoms with Gasteiger partial charge in [-0.3, -0.25) is 0 Å². The number of rotatable bonds is 4. The largest absolute Gasteiger partial charge is 0.443 e. The molecule has 3 rings (SSSR count). The van der Waals surface area contributed by atoms with Gasteiger partial charge in [-0.15, -0.1) is 5.10 Å². The standard InChI is InChI=1S/C15H16F2N4O2/c16-13-5-3-4-11(14(13)17)8-21-9-12(18-19-21)10-23-15(22)20-6-1-2-7-20/h3-5,9H,1-2,6-8,10H2. The second kappa shape index (κ2) is 6.72.